The molecule has 1 aliphatic heterocycles. The summed E-state index contributed by atoms with van der Waals surface area (Å²) in [5.41, 5.74) is 0. The number of hydrogen-bond acceptors (Lipinski definition) is 2. The maximum Gasteiger partial charge on any atom is 0.190 e. The van der Waals surface area contributed by atoms with Crippen LogP contribution in [0.25, 0.3) is 0 Å². The highest BCUT2D eigenvalue weighted by atomic mass is 35.5. The van der Waals surface area contributed by atoms with E-state index in [1.165, 1.54) is 38.5 Å². The summed E-state index contributed by atoms with van der Waals surface area (Å²) in [4.78, 5) is 0. The summed E-state index contributed by atoms with van der Waals surface area (Å²) in [7, 11) is 0. The van der Waals surface area contributed by atoms with Crippen molar-refractivity contribution in [2.75, 3.05) is 6.61 Å². The average Bonchev–Trinajstić information content (AvgIpc) is 2.96. The molecule has 2 unspecified atom stereocenters. The van der Waals surface area contributed by atoms with Crippen LogP contribution in [0, 0.1) is 0 Å². The Bertz CT molecular complexity index is 169. The molecule has 0 spiro atoms. The highest BCUT2D eigenvalue weighted by Gasteiger charge is 2.49. The third-order valence-corrected chi connectivity index (χ3v) is 3.47. The van der Waals surface area contributed by atoms with E-state index < -0.39 is 11.2 Å². The minimum Gasteiger partial charge on any atom is -0.389 e. The molecule has 0 aromatic heterocycles. The Morgan fingerprint density at radius 3 is 2.27 bits per heavy atom. The number of ether oxygens (including phenoxy) is 1. The molecule has 15 heavy (non-hydrogen) atoms. The summed E-state index contributed by atoms with van der Waals surface area (Å²) < 4.78 is 4.98. The van der Waals surface area contributed by atoms with Crippen LogP contribution in [-0.4, -0.2) is 22.9 Å². The molecule has 1 heterocycles. The van der Waals surface area contributed by atoms with E-state index in [1.54, 1.807) is 0 Å². The molecule has 2 nitrogen and oxygen atoms in total. The fourth-order valence-electron chi connectivity index (χ4n) is 1.77. The van der Waals surface area contributed by atoms with Crippen molar-refractivity contribution in [1.29, 1.82) is 0 Å². The van der Waals surface area contributed by atoms with Gasteiger partial charge in [-0.3, -0.25) is 0 Å². The van der Waals surface area contributed by atoms with Crippen molar-refractivity contribution < 1.29 is 9.84 Å². The Hall–Kier alpha value is 0.210. The van der Waals surface area contributed by atoms with Gasteiger partial charge in [0.15, 0.2) is 5.06 Å². The van der Waals surface area contributed by atoms with Crippen molar-refractivity contribution in [3.8, 4) is 0 Å². The molecule has 1 rings (SSSR count). The highest BCUT2D eigenvalue weighted by molar-refractivity contribution is 6.24. The van der Waals surface area contributed by atoms with E-state index >= 15 is 0 Å². The van der Waals surface area contributed by atoms with Crippen LogP contribution in [0.2, 0.25) is 0 Å². The normalized spacial score (nSPS) is 26.6. The zero-order chi connectivity index (χ0) is 11.1. The number of halogens is 1. The van der Waals surface area contributed by atoms with Gasteiger partial charge in [0.25, 0.3) is 0 Å². The van der Waals surface area contributed by atoms with Crippen LogP contribution in [0.4, 0.5) is 0 Å². The minimum atomic E-state index is -0.720. The van der Waals surface area contributed by atoms with Crippen molar-refractivity contribution >= 4 is 11.6 Å². The number of alkyl halides is 1. The van der Waals surface area contributed by atoms with Crippen LogP contribution in [0.15, 0.2) is 0 Å². The number of rotatable bonds is 9. The molecule has 0 radical (unpaired) electrons. The zero-order valence-electron chi connectivity index (χ0n) is 9.67. The number of aliphatic hydroxyl groups is 1. The predicted molar refractivity (Wildman–Crippen MR) is 63.2 cm³/mol. The van der Waals surface area contributed by atoms with E-state index in [0.29, 0.717) is 6.61 Å². The first-order valence-corrected chi connectivity index (χ1v) is 6.58. The van der Waals surface area contributed by atoms with Gasteiger partial charge in [-0.2, -0.15) is 0 Å². The summed E-state index contributed by atoms with van der Waals surface area (Å²) in [5, 5.41) is 8.91. The molecule has 0 saturated carbocycles. The summed E-state index contributed by atoms with van der Waals surface area (Å²) in [6, 6.07) is 0. The van der Waals surface area contributed by atoms with Crippen LogP contribution in [0.1, 0.15) is 58.3 Å². The van der Waals surface area contributed by atoms with Crippen molar-refractivity contribution in [2.24, 2.45) is 0 Å². The van der Waals surface area contributed by atoms with E-state index in [-0.39, 0.29) is 0 Å². The van der Waals surface area contributed by atoms with Gasteiger partial charge in [-0.15, -0.1) is 0 Å². The highest BCUT2D eigenvalue weighted by Crippen LogP contribution is 2.37. The van der Waals surface area contributed by atoms with Gasteiger partial charge in [0.2, 0.25) is 0 Å². The summed E-state index contributed by atoms with van der Waals surface area (Å²) >= 11 is 5.90. The van der Waals surface area contributed by atoms with Gasteiger partial charge < -0.3 is 9.84 Å². The standard InChI is InChI=1S/C12H23ClO2/c1-2-3-4-5-6-7-8-9-11(14)12(13)10-15-12/h11,14H,2-10H2,1H3. The second-order valence-corrected chi connectivity index (χ2v) is 5.14. The number of unbranched alkanes of at least 4 members (excludes halogenated alkanes) is 6. The lowest BCUT2D eigenvalue weighted by atomic mass is 10.1. The van der Waals surface area contributed by atoms with E-state index in [1.807, 2.05) is 0 Å². The van der Waals surface area contributed by atoms with Gasteiger partial charge in [0, 0.05) is 0 Å². The third-order valence-electron chi connectivity index (χ3n) is 3.00. The second kappa shape index (κ2) is 6.72. The smallest absolute Gasteiger partial charge is 0.190 e. The predicted octanol–water partition coefficient (Wildman–Crippen LogP) is 3.45. The van der Waals surface area contributed by atoms with Gasteiger partial charge in [-0.25, -0.2) is 0 Å². The van der Waals surface area contributed by atoms with Gasteiger partial charge in [0.05, 0.1) is 12.7 Å². The summed E-state index contributed by atoms with van der Waals surface area (Å²) in [5.74, 6) is 0. The van der Waals surface area contributed by atoms with E-state index in [4.69, 9.17) is 16.3 Å². The first-order chi connectivity index (χ1) is 7.19. The first kappa shape index (κ1) is 13.3. The molecule has 3 heteroatoms. The van der Waals surface area contributed by atoms with Crippen LogP contribution < -0.4 is 0 Å². The van der Waals surface area contributed by atoms with Crippen LogP contribution >= 0.6 is 11.6 Å². The quantitative estimate of drug-likeness (QED) is 0.377. The molecule has 0 aromatic carbocycles. The molecule has 1 N–H and O–H groups in total. The number of aliphatic hydroxyl groups excluding tert-OH is 1. The monoisotopic (exact) mass is 234 g/mol. The lowest BCUT2D eigenvalue weighted by Gasteiger charge is -2.12. The number of epoxide rings is 1. The maximum atomic E-state index is 9.63. The van der Waals surface area contributed by atoms with Crippen LogP contribution in [0.5, 0.6) is 0 Å². The molecular formula is C12H23ClO2. The van der Waals surface area contributed by atoms with E-state index in [0.717, 1.165) is 12.8 Å². The van der Waals surface area contributed by atoms with Gasteiger partial charge in [-0.05, 0) is 6.42 Å². The van der Waals surface area contributed by atoms with Gasteiger partial charge >= 0.3 is 0 Å². The fourth-order valence-corrected chi connectivity index (χ4v) is 1.94. The topological polar surface area (TPSA) is 32.8 Å². The molecule has 2 atom stereocenters. The minimum absolute atomic E-state index is 0.477. The molecule has 1 fully saturated rings. The second-order valence-electron chi connectivity index (χ2n) is 4.50. The van der Waals surface area contributed by atoms with Gasteiger partial charge in [-0.1, -0.05) is 63.5 Å². The van der Waals surface area contributed by atoms with Crippen LogP contribution in [0.3, 0.4) is 0 Å². The van der Waals surface area contributed by atoms with Crippen molar-refractivity contribution in [1.82, 2.24) is 0 Å². The van der Waals surface area contributed by atoms with E-state index in [2.05, 4.69) is 6.92 Å². The maximum absolute atomic E-state index is 9.63. The number of hydrogen-bond donors (Lipinski definition) is 1. The molecule has 1 saturated heterocycles. The fraction of sp³-hybridized carbons (Fsp3) is 1.00. The molecule has 0 aliphatic carbocycles. The Labute approximate surface area is 98.0 Å². The van der Waals surface area contributed by atoms with Crippen molar-refractivity contribution in [2.45, 2.75) is 69.5 Å². The van der Waals surface area contributed by atoms with E-state index in [9.17, 15) is 5.11 Å². The van der Waals surface area contributed by atoms with Crippen LogP contribution in [-0.2, 0) is 4.74 Å². The zero-order valence-corrected chi connectivity index (χ0v) is 10.4. The molecule has 0 amide bonds. The third kappa shape index (κ3) is 5.19. The first-order valence-electron chi connectivity index (χ1n) is 6.20. The Kier molecular flexibility index (Phi) is 5.95. The SMILES string of the molecule is CCCCCCCCCC(O)C1(Cl)CO1. The lowest BCUT2D eigenvalue weighted by Crippen LogP contribution is -2.23. The van der Waals surface area contributed by atoms with Crippen molar-refractivity contribution in [3.63, 3.8) is 0 Å². The molecule has 0 aromatic rings. The largest absolute Gasteiger partial charge is 0.389 e. The Morgan fingerprint density at radius 2 is 1.73 bits per heavy atom. The van der Waals surface area contributed by atoms with Crippen molar-refractivity contribution in [3.05, 3.63) is 0 Å². The molecule has 90 valence electrons. The summed E-state index contributed by atoms with van der Waals surface area (Å²) in [6.07, 6.45) is 9.16. The van der Waals surface area contributed by atoms with Gasteiger partial charge in [0.1, 0.15) is 0 Å². The Morgan fingerprint density at radius 1 is 1.20 bits per heavy atom. The molecule has 0 bridgehead atoms. The Balaban J connectivity index is 1.84. The average molecular weight is 235 g/mol. The lowest BCUT2D eigenvalue weighted by molar-refractivity contribution is 0.105. The molecule has 1 aliphatic rings. The molecular weight excluding hydrogens is 212 g/mol. The summed E-state index contributed by atoms with van der Waals surface area (Å²) in [6.45, 7) is 2.73.